The molecule has 1 aliphatic rings. The van der Waals surface area contributed by atoms with Crippen molar-refractivity contribution in [3.63, 3.8) is 0 Å². The van der Waals surface area contributed by atoms with E-state index < -0.39 is 0 Å². The molecule has 0 radical (unpaired) electrons. The largest absolute Gasteiger partial charge is 0.496 e. The lowest BCUT2D eigenvalue weighted by atomic mass is 10.1. The third kappa shape index (κ3) is 2.93. The monoisotopic (exact) mass is 252 g/mol. The van der Waals surface area contributed by atoms with E-state index in [2.05, 4.69) is 17.2 Å². The second-order valence-corrected chi connectivity index (χ2v) is 5.64. The summed E-state index contributed by atoms with van der Waals surface area (Å²) < 4.78 is 5.42. The third-order valence-electron chi connectivity index (χ3n) is 3.24. The molecule has 0 amide bonds. The molecule has 1 atom stereocenters. The molecule has 1 unspecified atom stereocenters. The lowest BCUT2D eigenvalue weighted by Crippen LogP contribution is -2.28. The maximum Gasteiger partial charge on any atom is 0.128 e. The molecule has 1 saturated heterocycles. The number of nitrogens with zero attached hydrogens (tertiary/aromatic N) is 1. The van der Waals surface area contributed by atoms with Gasteiger partial charge in [0.15, 0.2) is 0 Å². The van der Waals surface area contributed by atoms with Crippen molar-refractivity contribution in [3.8, 4) is 5.75 Å². The van der Waals surface area contributed by atoms with Crippen molar-refractivity contribution in [2.24, 2.45) is 0 Å². The van der Waals surface area contributed by atoms with Crippen LogP contribution in [0, 0.1) is 13.8 Å². The summed E-state index contributed by atoms with van der Waals surface area (Å²) in [6.07, 6.45) is 3.17. The molecule has 1 aromatic heterocycles. The van der Waals surface area contributed by atoms with Gasteiger partial charge in [-0.1, -0.05) is 0 Å². The fourth-order valence-corrected chi connectivity index (χ4v) is 3.37. The van der Waals surface area contributed by atoms with Crippen LogP contribution in [0.1, 0.15) is 23.2 Å². The first-order chi connectivity index (χ1) is 8.22. The summed E-state index contributed by atoms with van der Waals surface area (Å²) in [7, 11) is 1.72. The van der Waals surface area contributed by atoms with E-state index in [1.54, 1.807) is 7.11 Å². The van der Waals surface area contributed by atoms with Crippen molar-refractivity contribution < 1.29 is 4.74 Å². The first kappa shape index (κ1) is 12.7. The van der Waals surface area contributed by atoms with Crippen LogP contribution >= 0.6 is 11.8 Å². The topological polar surface area (TPSA) is 34.1 Å². The quantitative estimate of drug-likeness (QED) is 0.891. The Morgan fingerprint density at radius 3 is 3.00 bits per heavy atom. The van der Waals surface area contributed by atoms with Gasteiger partial charge in [-0.25, -0.2) is 0 Å². The molecule has 1 aromatic rings. The van der Waals surface area contributed by atoms with Crippen molar-refractivity contribution in [3.05, 3.63) is 23.0 Å². The molecule has 1 aliphatic heterocycles. The summed E-state index contributed by atoms with van der Waals surface area (Å²) >= 11 is 2.02. The fraction of sp³-hybridized carbons (Fsp3) is 0.615. The van der Waals surface area contributed by atoms with Crippen LogP contribution in [0.4, 0.5) is 0 Å². The second-order valence-electron chi connectivity index (χ2n) is 4.49. The smallest absolute Gasteiger partial charge is 0.128 e. The van der Waals surface area contributed by atoms with E-state index in [9.17, 15) is 0 Å². The Hall–Kier alpha value is -0.740. The van der Waals surface area contributed by atoms with Crippen LogP contribution in [0.3, 0.4) is 0 Å². The maximum atomic E-state index is 5.42. The summed E-state index contributed by atoms with van der Waals surface area (Å²) in [6, 6.07) is 0.647. The van der Waals surface area contributed by atoms with E-state index in [0.717, 1.165) is 29.1 Å². The summed E-state index contributed by atoms with van der Waals surface area (Å²) in [5, 5.41) is 3.57. The van der Waals surface area contributed by atoms with Crippen LogP contribution in [0.15, 0.2) is 6.20 Å². The normalized spacial score (nSPS) is 19.6. The van der Waals surface area contributed by atoms with Gasteiger partial charge in [-0.2, -0.15) is 11.8 Å². The standard InChI is InChI=1S/C13H20N2OS/c1-9-6-15-12(10(2)13(9)16-3)7-14-11-4-5-17-8-11/h6,11,14H,4-5,7-8H2,1-3H3. The number of aryl methyl sites for hydroxylation is 1. The number of ether oxygens (including phenoxy) is 1. The summed E-state index contributed by atoms with van der Waals surface area (Å²) in [5.41, 5.74) is 3.36. The van der Waals surface area contributed by atoms with E-state index in [1.165, 1.54) is 17.9 Å². The van der Waals surface area contributed by atoms with Crippen LogP contribution < -0.4 is 10.1 Å². The van der Waals surface area contributed by atoms with Gasteiger partial charge in [0.25, 0.3) is 0 Å². The first-order valence-electron chi connectivity index (χ1n) is 6.02. The highest BCUT2D eigenvalue weighted by Gasteiger charge is 2.16. The minimum absolute atomic E-state index is 0.647. The van der Waals surface area contributed by atoms with E-state index in [1.807, 2.05) is 24.9 Å². The lowest BCUT2D eigenvalue weighted by Gasteiger charge is -2.15. The van der Waals surface area contributed by atoms with E-state index in [-0.39, 0.29) is 0 Å². The van der Waals surface area contributed by atoms with Gasteiger partial charge in [0.1, 0.15) is 5.75 Å². The van der Waals surface area contributed by atoms with E-state index in [4.69, 9.17) is 4.74 Å². The molecule has 17 heavy (non-hydrogen) atoms. The van der Waals surface area contributed by atoms with Gasteiger partial charge in [-0.3, -0.25) is 4.98 Å². The van der Waals surface area contributed by atoms with Crippen LogP contribution in [-0.4, -0.2) is 29.6 Å². The predicted octanol–water partition coefficient (Wildman–Crippen LogP) is 2.30. The Labute approximate surface area is 107 Å². The van der Waals surface area contributed by atoms with Crippen molar-refractivity contribution in [2.75, 3.05) is 18.6 Å². The highest BCUT2D eigenvalue weighted by molar-refractivity contribution is 7.99. The van der Waals surface area contributed by atoms with Gasteiger partial charge in [0, 0.05) is 35.7 Å². The number of nitrogens with one attached hydrogen (secondary N) is 1. The van der Waals surface area contributed by atoms with Gasteiger partial charge in [-0.15, -0.1) is 0 Å². The van der Waals surface area contributed by atoms with Crippen molar-refractivity contribution in [1.82, 2.24) is 10.3 Å². The Kier molecular flexibility index (Phi) is 4.29. The zero-order chi connectivity index (χ0) is 12.3. The molecule has 0 aliphatic carbocycles. The maximum absolute atomic E-state index is 5.42. The molecule has 0 saturated carbocycles. The van der Waals surface area contributed by atoms with Gasteiger partial charge >= 0.3 is 0 Å². The van der Waals surface area contributed by atoms with Gasteiger partial charge in [0.05, 0.1) is 12.8 Å². The zero-order valence-electron chi connectivity index (χ0n) is 10.7. The summed E-state index contributed by atoms with van der Waals surface area (Å²) in [6.45, 7) is 4.95. The van der Waals surface area contributed by atoms with Crippen LogP contribution in [-0.2, 0) is 6.54 Å². The average molecular weight is 252 g/mol. The fourth-order valence-electron chi connectivity index (χ4n) is 2.19. The molecule has 2 rings (SSSR count). The lowest BCUT2D eigenvalue weighted by molar-refractivity contribution is 0.406. The minimum atomic E-state index is 0.647. The number of hydrogen-bond acceptors (Lipinski definition) is 4. The Morgan fingerprint density at radius 1 is 1.53 bits per heavy atom. The molecular weight excluding hydrogens is 232 g/mol. The second kappa shape index (κ2) is 5.74. The molecule has 0 aromatic carbocycles. The highest BCUT2D eigenvalue weighted by Crippen LogP contribution is 2.24. The predicted molar refractivity (Wildman–Crippen MR) is 72.8 cm³/mol. The van der Waals surface area contributed by atoms with Crippen LogP contribution in [0.2, 0.25) is 0 Å². The molecule has 1 N–H and O–H groups in total. The number of hydrogen-bond donors (Lipinski definition) is 1. The van der Waals surface area contributed by atoms with Gasteiger partial charge in [0.2, 0.25) is 0 Å². The Bertz CT molecular complexity index is 389. The third-order valence-corrected chi connectivity index (χ3v) is 4.40. The highest BCUT2D eigenvalue weighted by atomic mass is 32.2. The van der Waals surface area contributed by atoms with Crippen LogP contribution in [0.5, 0.6) is 5.75 Å². The van der Waals surface area contributed by atoms with Crippen molar-refractivity contribution in [1.29, 1.82) is 0 Å². The molecule has 2 heterocycles. The number of rotatable bonds is 4. The molecule has 0 spiro atoms. The van der Waals surface area contributed by atoms with Crippen molar-refractivity contribution >= 4 is 11.8 Å². The van der Waals surface area contributed by atoms with Gasteiger partial charge < -0.3 is 10.1 Å². The van der Waals surface area contributed by atoms with E-state index in [0.29, 0.717) is 6.04 Å². The first-order valence-corrected chi connectivity index (χ1v) is 7.18. The molecule has 94 valence electrons. The van der Waals surface area contributed by atoms with Gasteiger partial charge in [-0.05, 0) is 26.0 Å². The van der Waals surface area contributed by atoms with E-state index >= 15 is 0 Å². The molecule has 4 heteroatoms. The number of aromatic nitrogens is 1. The number of pyridine rings is 1. The summed E-state index contributed by atoms with van der Waals surface area (Å²) in [4.78, 5) is 4.50. The Balaban J connectivity index is 2.05. The Morgan fingerprint density at radius 2 is 2.35 bits per heavy atom. The minimum Gasteiger partial charge on any atom is -0.496 e. The zero-order valence-corrected chi connectivity index (χ0v) is 11.6. The molecule has 0 bridgehead atoms. The summed E-state index contributed by atoms with van der Waals surface area (Å²) in [5.74, 6) is 3.47. The average Bonchev–Trinajstić information content (AvgIpc) is 2.82. The SMILES string of the molecule is COc1c(C)cnc(CNC2CCSC2)c1C. The number of thioether (sulfide) groups is 1. The van der Waals surface area contributed by atoms with Crippen LogP contribution in [0.25, 0.3) is 0 Å². The molecular formula is C13H20N2OS. The molecule has 1 fully saturated rings. The molecule has 3 nitrogen and oxygen atoms in total. The van der Waals surface area contributed by atoms with Crippen molar-refractivity contribution in [2.45, 2.75) is 32.9 Å². The number of methoxy groups -OCH3 is 1.